The van der Waals surface area contributed by atoms with E-state index in [4.69, 9.17) is 9.73 Å². The lowest BCUT2D eigenvalue weighted by Gasteiger charge is -2.37. The molecule has 28 heavy (non-hydrogen) atoms. The fourth-order valence-electron chi connectivity index (χ4n) is 4.10. The van der Waals surface area contributed by atoms with E-state index in [-0.39, 0.29) is 0 Å². The molecule has 2 heterocycles. The van der Waals surface area contributed by atoms with E-state index in [9.17, 15) is 0 Å². The van der Waals surface area contributed by atoms with Gasteiger partial charge in [0, 0.05) is 45.0 Å². The summed E-state index contributed by atoms with van der Waals surface area (Å²) in [5.74, 6) is 2.84. The maximum Gasteiger partial charge on any atom is 0.194 e. The number of hydrogen-bond donors (Lipinski definition) is 1. The molecule has 2 saturated heterocycles. The lowest BCUT2D eigenvalue weighted by atomic mass is 9.94. The number of guanidine groups is 1. The molecule has 6 heteroatoms. The van der Waals surface area contributed by atoms with Crippen LogP contribution in [0.5, 0.6) is 5.75 Å². The van der Waals surface area contributed by atoms with Gasteiger partial charge in [-0.15, -0.1) is 0 Å². The van der Waals surface area contributed by atoms with Gasteiger partial charge in [-0.05, 0) is 76.5 Å². The van der Waals surface area contributed by atoms with Gasteiger partial charge < -0.3 is 24.8 Å². The van der Waals surface area contributed by atoms with E-state index < -0.39 is 0 Å². The monoisotopic (exact) mass is 387 g/mol. The molecule has 3 rings (SSSR count). The SMILES string of the molecule is CCNC(=NCCC1CCN(C)CC1)N1CCN(c2ccc(OC)cc2)CC1. The Morgan fingerprint density at radius 1 is 1.07 bits per heavy atom. The molecule has 1 aromatic carbocycles. The van der Waals surface area contributed by atoms with Gasteiger partial charge in [0.15, 0.2) is 5.96 Å². The minimum atomic E-state index is 0.842. The van der Waals surface area contributed by atoms with Crippen molar-refractivity contribution in [2.24, 2.45) is 10.9 Å². The molecular formula is C22H37N5O. The summed E-state index contributed by atoms with van der Waals surface area (Å²) in [5, 5.41) is 3.50. The van der Waals surface area contributed by atoms with Crippen LogP contribution in [0.15, 0.2) is 29.3 Å². The first-order chi connectivity index (χ1) is 13.7. The first-order valence-corrected chi connectivity index (χ1v) is 10.8. The Balaban J connectivity index is 1.49. The van der Waals surface area contributed by atoms with Crippen molar-refractivity contribution < 1.29 is 4.74 Å². The number of likely N-dealkylation sites (tertiary alicyclic amines) is 1. The predicted octanol–water partition coefficient (Wildman–Crippen LogP) is 2.51. The number of benzene rings is 1. The molecule has 0 aromatic heterocycles. The average Bonchev–Trinajstić information content (AvgIpc) is 2.75. The third kappa shape index (κ3) is 5.77. The number of nitrogens with one attached hydrogen (secondary N) is 1. The van der Waals surface area contributed by atoms with Gasteiger partial charge in [0.1, 0.15) is 5.75 Å². The molecule has 0 saturated carbocycles. The molecule has 0 atom stereocenters. The van der Waals surface area contributed by atoms with Crippen LogP contribution in [-0.4, -0.2) is 82.3 Å². The molecule has 2 aliphatic heterocycles. The Morgan fingerprint density at radius 3 is 2.36 bits per heavy atom. The van der Waals surface area contributed by atoms with E-state index in [0.717, 1.165) is 56.9 Å². The summed E-state index contributed by atoms with van der Waals surface area (Å²) >= 11 is 0. The zero-order chi connectivity index (χ0) is 19.8. The van der Waals surface area contributed by atoms with Crippen molar-refractivity contribution in [1.82, 2.24) is 15.1 Å². The lowest BCUT2D eigenvalue weighted by molar-refractivity contribution is 0.214. The molecule has 2 aliphatic rings. The van der Waals surface area contributed by atoms with Crippen molar-refractivity contribution in [3.05, 3.63) is 24.3 Å². The van der Waals surface area contributed by atoms with Crippen LogP contribution in [0.25, 0.3) is 0 Å². The van der Waals surface area contributed by atoms with E-state index >= 15 is 0 Å². The first-order valence-electron chi connectivity index (χ1n) is 10.8. The predicted molar refractivity (Wildman–Crippen MR) is 118 cm³/mol. The molecule has 0 bridgehead atoms. The number of aliphatic imine (C=N–C) groups is 1. The molecule has 6 nitrogen and oxygen atoms in total. The maximum absolute atomic E-state index is 5.27. The van der Waals surface area contributed by atoms with Crippen LogP contribution in [0.2, 0.25) is 0 Å². The molecule has 0 aliphatic carbocycles. The van der Waals surface area contributed by atoms with Gasteiger partial charge in [0.05, 0.1) is 7.11 Å². The van der Waals surface area contributed by atoms with E-state index in [1.165, 1.54) is 38.0 Å². The molecule has 0 amide bonds. The van der Waals surface area contributed by atoms with E-state index in [1.54, 1.807) is 7.11 Å². The van der Waals surface area contributed by atoms with Crippen LogP contribution < -0.4 is 15.0 Å². The number of piperidine rings is 1. The van der Waals surface area contributed by atoms with Gasteiger partial charge in [0.25, 0.3) is 0 Å². The smallest absolute Gasteiger partial charge is 0.194 e. The van der Waals surface area contributed by atoms with Crippen LogP contribution in [0.4, 0.5) is 5.69 Å². The van der Waals surface area contributed by atoms with Crippen molar-refractivity contribution in [3.63, 3.8) is 0 Å². The molecular weight excluding hydrogens is 350 g/mol. The highest BCUT2D eigenvalue weighted by atomic mass is 16.5. The number of nitrogens with zero attached hydrogens (tertiary/aromatic N) is 4. The number of ether oxygens (including phenoxy) is 1. The largest absolute Gasteiger partial charge is 0.497 e. The van der Waals surface area contributed by atoms with Gasteiger partial charge in [-0.3, -0.25) is 4.99 Å². The second kappa shape index (κ2) is 10.6. The molecule has 156 valence electrons. The minimum Gasteiger partial charge on any atom is -0.497 e. The third-order valence-corrected chi connectivity index (χ3v) is 5.99. The zero-order valence-corrected chi connectivity index (χ0v) is 17.9. The Labute approximate surface area is 170 Å². The third-order valence-electron chi connectivity index (χ3n) is 5.99. The Kier molecular flexibility index (Phi) is 7.83. The summed E-state index contributed by atoms with van der Waals surface area (Å²) in [6.45, 7) is 10.5. The first kappa shape index (κ1) is 20.8. The highest BCUT2D eigenvalue weighted by Gasteiger charge is 2.20. The second-order valence-corrected chi connectivity index (χ2v) is 7.94. The van der Waals surface area contributed by atoms with Crippen molar-refractivity contribution in [1.29, 1.82) is 0 Å². The average molecular weight is 388 g/mol. The lowest BCUT2D eigenvalue weighted by Crippen LogP contribution is -2.52. The second-order valence-electron chi connectivity index (χ2n) is 7.94. The van der Waals surface area contributed by atoms with Crippen LogP contribution in [0, 0.1) is 5.92 Å². The van der Waals surface area contributed by atoms with Crippen LogP contribution in [-0.2, 0) is 0 Å². The Bertz CT molecular complexity index is 602. The molecule has 0 radical (unpaired) electrons. The standard InChI is InChI=1S/C22H37N5O/c1-4-23-22(24-12-9-19-10-13-25(2)14-11-19)27-17-15-26(16-18-27)20-5-7-21(28-3)8-6-20/h5-8,19H,4,9-18H2,1-3H3,(H,23,24). The minimum absolute atomic E-state index is 0.842. The topological polar surface area (TPSA) is 43.3 Å². The Hall–Kier alpha value is -1.95. The van der Waals surface area contributed by atoms with E-state index in [1.807, 2.05) is 12.1 Å². The van der Waals surface area contributed by atoms with Crippen molar-refractivity contribution in [2.75, 3.05) is 71.4 Å². The summed E-state index contributed by atoms with van der Waals surface area (Å²) in [6.07, 6.45) is 3.86. The van der Waals surface area contributed by atoms with Crippen molar-refractivity contribution in [2.45, 2.75) is 26.2 Å². The van der Waals surface area contributed by atoms with E-state index in [0.29, 0.717) is 0 Å². The summed E-state index contributed by atoms with van der Waals surface area (Å²) in [5.41, 5.74) is 1.27. The number of rotatable bonds is 6. The number of piperazine rings is 1. The van der Waals surface area contributed by atoms with Gasteiger partial charge >= 0.3 is 0 Å². The normalized spacial score (nSPS) is 19.8. The molecule has 1 aromatic rings. The molecule has 1 N–H and O–H groups in total. The molecule has 0 unspecified atom stereocenters. The van der Waals surface area contributed by atoms with Crippen LogP contribution >= 0.6 is 0 Å². The number of methoxy groups -OCH3 is 1. The highest BCUT2D eigenvalue weighted by molar-refractivity contribution is 5.80. The summed E-state index contributed by atoms with van der Waals surface area (Å²) in [6, 6.07) is 8.37. The summed E-state index contributed by atoms with van der Waals surface area (Å²) < 4.78 is 5.27. The van der Waals surface area contributed by atoms with Crippen molar-refractivity contribution in [3.8, 4) is 5.75 Å². The fraction of sp³-hybridized carbons (Fsp3) is 0.682. The molecule has 0 spiro atoms. The fourth-order valence-corrected chi connectivity index (χ4v) is 4.10. The summed E-state index contributed by atoms with van der Waals surface area (Å²) in [4.78, 5) is 12.2. The number of hydrogen-bond acceptors (Lipinski definition) is 4. The van der Waals surface area contributed by atoms with Crippen LogP contribution in [0.1, 0.15) is 26.2 Å². The maximum atomic E-state index is 5.27. The van der Waals surface area contributed by atoms with Crippen LogP contribution in [0.3, 0.4) is 0 Å². The number of anilines is 1. The van der Waals surface area contributed by atoms with Gasteiger partial charge in [0.2, 0.25) is 0 Å². The van der Waals surface area contributed by atoms with Gasteiger partial charge in [-0.1, -0.05) is 0 Å². The molecule has 2 fully saturated rings. The zero-order valence-electron chi connectivity index (χ0n) is 17.9. The summed E-state index contributed by atoms with van der Waals surface area (Å²) in [7, 11) is 3.94. The quantitative estimate of drug-likeness (QED) is 0.600. The highest BCUT2D eigenvalue weighted by Crippen LogP contribution is 2.21. The van der Waals surface area contributed by atoms with Gasteiger partial charge in [-0.2, -0.15) is 0 Å². The Morgan fingerprint density at radius 2 is 1.75 bits per heavy atom. The van der Waals surface area contributed by atoms with Crippen molar-refractivity contribution >= 4 is 11.6 Å². The van der Waals surface area contributed by atoms with Gasteiger partial charge in [-0.25, -0.2) is 0 Å². The van der Waals surface area contributed by atoms with E-state index in [2.05, 4.69) is 46.1 Å².